The Balaban J connectivity index is 1.58. The Hall–Kier alpha value is -4.44. The van der Waals surface area contributed by atoms with Crippen LogP contribution in [0.4, 0.5) is 19.0 Å². The summed E-state index contributed by atoms with van der Waals surface area (Å²) >= 11 is 0. The third kappa shape index (κ3) is 5.60. The van der Waals surface area contributed by atoms with Crippen LogP contribution in [0.25, 0.3) is 22.2 Å². The van der Waals surface area contributed by atoms with Gasteiger partial charge in [-0.15, -0.1) is 0 Å². The van der Waals surface area contributed by atoms with E-state index >= 15 is 4.39 Å². The summed E-state index contributed by atoms with van der Waals surface area (Å²) in [5.74, 6) is -4.21. The van der Waals surface area contributed by atoms with Crippen molar-refractivity contribution in [1.82, 2.24) is 24.8 Å². The molecule has 0 bridgehead atoms. The van der Waals surface area contributed by atoms with Crippen molar-refractivity contribution in [1.29, 1.82) is 5.26 Å². The summed E-state index contributed by atoms with van der Waals surface area (Å²) in [5.41, 5.74) is -0.477. The van der Waals surface area contributed by atoms with Crippen LogP contribution < -0.4 is 9.64 Å². The number of pyridine rings is 1. The van der Waals surface area contributed by atoms with E-state index in [2.05, 4.69) is 26.4 Å². The van der Waals surface area contributed by atoms with Crippen LogP contribution in [-0.4, -0.2) is 87.7 Å². The lowest BCUT2D eigenvalue weighted by Crippen LogP contribution is -2.55. The number of phenols is 1. The minimum Gasteiger partial charge on any atom is -0.507 e. The van der Waals surface area contributed by atoms with Gasteiger partial charge >= 0.3 is 6.01 Å². The number of ether oxygens (including phenoxy) is 1. The van der Waals surface area contributed by atoms with E-state index in [0.29, 0.717) is 6.61 Å². The zero-order chi connectivity index (χ0) is 29.3. The summed E-state index contributed by atoms with van der Waals surface area (Å²) in [6.45, 7) is 4.60. The van der Waals surface area contributed by atoms with Gasteiger partial charge in [-0.2, -0.15) is 19.6 Å². The molecule has 2 aliphatic heterocycles. The molecule has 41 heavy (non-hydrogen) atoms. The molecule has 1 amide bonds. The number of carbonyl (C=O) groups excluding carboxylic acids is 1. The first-order chi connectivity index (χ1) is 19.7. The number of piperazine rings is 1. The highest BCUT2D eigenvalue weighted by Gasteiger charge is 2.34. The molecule has 1 N–H and O–H groups in total. The first-order valence-corrected chi connectivity index (χ1v) is 13.1. The number of likely N-dealkylation sites (tertiary alicyclic amines) is 1. The number of hydrogen-bond donors (Lipinski definition) is 1. The fourth-order valence-corrected chi connectivity index (χ4v) is 5.35. The molecule has 0 radical (unpaired) electrons. The highest BCUT2D eigenvalue weighted by Crippen LogP contribution is 2.36. The molecule has 4 heterocycles. The van der Waals surface area contributed by atoms with Crippen molar-refractivity contribution in [3.8, 4) is 29.0 Å². The Morgan fingerprint density at radius 3 is 2.71 bits per heavy atom. The average Bonchev–Trinajstić information content (AvgIpc) is 3.36. The predicted octanol–water partition coefficient (Wildman–Crippen LogP) is 3.56. The number of carbonyl (C=O) groups is 1. The number of nitriles is 1. The van der Waals surface area contributed by atoms with Gasteiger partial charge in [0, 0.05) is 31.2 Å². The number of amides is 1. The molecular weight excluding hydrogens is 539 g/mol. The van der Waals surface area contributed by atoms with Gasteiger partial charge in [0.15, 0.2) is 11.6 Å². The Morgan fingerprint density at radius 1 is 1.22 bits per heavy atom. The van der Waals surface area contributed by atoms with E-state index in [-0.39, 0.29) is 66.1 Å². The summed E-state index contributed by atoms with van der Waals surface area (Å²) in [7, 11) is 2.00. The predicted molar refractivity (Wildman–Crippen MR) is 144 cm³/mol. The maximum atomic E-state index is 15.4. The van der Waals surface area contributed by atoms with Crippen LogP contribution in [0.15, 0.2) is 36.7 Å². The number of aromatic nitrogens is 3. The second kappa shape index (κ2) is 11.6. The van der Waals surface area contributed by atoms with Gasteiger partial charge in [-0.05, 0) is 44.6 Å². The van der Waals surface area contributed by atoms with Gasteiger partial charge in [0.1, 0.15) is 23.7 Å². The van der Waals surface area contributed by atoms with Gasteiger partial charge in [-0.3, -0.25) is 4.79 Å². The molecule has 2 saturated heterocycles. The molecule has 0 saturated carbocycles. The van der Waals surface area contributed by atoms with Crippen molar-refractivity contribution in [2.45, 2.75) is 31.3 Å². The van der Waals surface area contributed by atoms with E-state index in [0.717, 1.165) is 25.5 Å². The molecule has 1 aromatic carbocycles. The van der Waals surface area contributed by atoms with Crippen molar-refractivity contribution in [2.75, 3.05) is 44.7 Å². The van der Waals surface area contributed by atoms with Crippen LogP contribution in [-0.2, 0) is 4.79 Å². The highest BCUT2D eigenvalue weighted by molar-refractivity contribution is 5.92. The molecule has 2 unspecified atom stereocenters. The van der Waals surface area contributed by atoms with Crippen LogP contribution >= 0.6 is 0 Å². The number of nitrogens with zero attached hydrogens (tertiary/aromatic N) is 7. The number of anilines is 1. The maximum Gasteiger partial charge on any atom is 0.319 e. The number of benzene rings is 1. The van der Waals surface area contributed by atoms with Gasteiger partial charge in [-0.1, -0.05) is 12.6 Å². The van der Waals surface area contributed by atoms with Crippen LogP contribution in [0.3, 0.4) is 0 Å². The Morgan fingerprint density at radius 2 is 2.02 bits per heavy atom. The van der Waals surface area contributed by atoms with Crippen LogP contribution in [0.5, 0.6) is 11.8 Å². The van der Waals surface area contributed by atoms with E-state index in [4.69, 9.17) is 4.74 Å². The molecule has 2 atom stereocenters. The van der Waals surface area contributed by atoms with E-state index in [1.807, 2.05) is 13.1 Å². The molecule has 10 nitrogen and oxygen atoms in total. The number of hydrogen-bond acceptors (Lipinski definition) is 9. The number of fused-ring (bicyclic) bond motifs is 1. The molecular formula is C28H28F3N7O3. The summed E-state index contributed by atoms with van der Waals surface area (Å²) in [6, 6.07) is 6.36. The highest BCUT2D eigenvalue weighted by atomic mass is 19.1. The normalized spacial score (nSPS) is 19.4. The second-order valence-electron chi connectivity index (χ2n) is 10.1. The lowest BCUT2D eigenvalue weighted by atomic mass is 10.0. The molecule has 0 aliphatic carbocycles. The molecule has 0 spiro atoms. The Kier molecular flexibility index (Phi) is 7.94. The number of likely N-dealkylation sites (N-methyl/N-ethyl adjacent to an activating group) is 1. The smallest absolute Gasteiger partial charge is 0.319 e. The number of rotatable bonds is 7. The minimum atomic E-state index is -1.13. The lowest BCUT2D eigenvalue weighted by Gasteiger charge is -2.41. The van der Waals surface area contributed by atoms with Crippen LogP contribution in [0, 0.1) is 23.1 Å². The zero-order valence-electron chi connectivity index (χ0n) is 22.4. The van der Waals surface area contributed by atoms with Gasteiger partial charge in [0.05, 0.1) is 29.6 Å². The molecule has 2 fully saturated rings. The summed E-state index contributed by atoms with van der Waals surface area (Å²) in [5, 5.41) is 19.6. The summed E-state index contributed by atoms with van der Waals surface area (Å²) in [4.78, 5) is 30.5. The van der Waals surface area contributed by atoms with Crippen molar-refractivity contribution in [2.24, 2.45) is 0 Å². The summed E-state index contributed by atoms with van der Waals surface area (Å²) < 4.78 is 49.7. The van der Waals surface area contributed by atoms with Gasteiger partial charge in [-0.25, -0.2) is 13.8 Å². The lowest BCUT2D eigenvalue weighted by molar-refractivity contribution is -0.131. The third-order valence-electron chi connectivity index (χ3n) is 7.52. The summed E-state index contributed by atoms with van der Waals surface area (Å²) in [6.07, 6.45) is 1.88. The van der Waals surface area contributed by atoms with Gasteiger partial charge in [0.2, 0.25) is 5.95 Å². The first kappa shape index (κ1) is 28.1. The van der Waals surface area contributed by atoms with E-state index in [1.54, 1.807) is 4.90 Å². The fourth-order valence-electron chi connectivity index (χ4n) is 5.35. The quantitative estimate of drug-likeness (QED) is 0.338. The number of halogens is 3. The topological polar surface area (TPSA) is 119 Å². The monoisotopic (exact) mass is 567 g/mol. The molecule has 2 aliphatic rings. The van der Waals surface area contributed by atoms with Crippen LogP contribution in [0.1, 0.15) is 19.3 Å². The van der Waals surface area contributed by atoms with Crippen molar-refractivity contribution >= 4 is 22.8 Å². The van der Waals surface area contributed by atoms with Crippen molar-refractivity contribution < 1.29 is 27.8 Å². The van der Waals surface area contributed by atoms with E-state index in [9.17, 15) is 23.9 Å². The minimum absolute atomic E-state index is 0.0163. The van der Waals surface area contributed by atoms with Gasteiger partial charge < -0.3 is 24.5 Å². The molecule has 3 aromatic rings. The Labute approximate surface area is 234 Å². The van der Waals surface area contributed by atoms with Crippen LogP contribution in [0.2, 0.25) is 0 Å². The average molecular weight is 568 g/mol. The van der Waals surface area contributed by atoms with E-state index < -0.39 is 35.3 Å². The van der Waals surface area contributed by atoms with Crippen molar-refractivity contribution in [3.63, 3.8) is 0 Å². The number of phenolic OH excluding ortho intramolecular Hbond substituents is 1. The second-order valence-corrected chi connectivity index (χ2v) is 10.1. The zero-order valence-corrected chi connectivity index (χ0v) is 22.4. The Bertz CT molecular complexity index is 1530. The molecule has 2 aromatic heterocycles. The molecule has 13 heteroatoms. The molecule has 214 valence electrons. The SMILES string of the molecule is C=C(F)C(=O)N1CCN(c2nc(OCC3CCCN3C)nc3cc(-c4c(O)cccc4F)c(F)nc23)CC1CC#N. The van der Waals surface area contributed by atoms with Crippen molar-refractivity contribution in [3.05, 3.63) is 48.4 Å². The first-order valence-electron chi connectivity index (χ1n) is 13.1. The number of aromatic hydroxyl groups is 1. The fraction of sp³-hybridized carbons (Fsp3) is 0.393. The van der Waals surface area contributed by atoms with Gasteiger partial charge in [0.25, 0.3) is 5.91 Å². The molecule has 5 rings (SSSR count). The standard InChI is InChI=1S/C28H28F3N7O3/c1-16(29)27(40)38-12-11-37(14-17(38)8-9-32)26-24-21(33-28(35-26)41-15-18-5-4-10-36(18)2)13-19(25(31)34-24)23-20(30)6-3-7-22(23)39/h3,6-7,13,17-18,39H,1,4-5,8,10-12,14-15H2,2H3. The van der Waals surface area contributed by atoms with E-state index in [1.165, 1.54) is 23.1 Å². The maximum absolute atomic E-state index is 15.4. The largest absolute Gasteiger partial charge is 0.507 e. The third-order valence-corrected chi connectivity index (χ3v) is 7.52.